The van der Waals surface area contributed by atoms with Crippen LogP contribution in [0.1, 0.15) is 24.6 Å². The second-order valence-corrected chi connectivity index (χ2v) is 10.9. The smallest absolute Gasteiger partial charge is 0.237 e. The molecule has 2 unspecified atom stereocenters. The summed E-state index contributed by atoms with van der Waals surface area (Å²) in [6.07, 6.45) is 1.54. The lowest BCUT2D eigenvalue weighted by Gasteiger charge is -2.30. The zero-order valence-electron chi connectivity index (χ0n) is 14.7. The molecular weight excluding hydrogens is 358 g/mol. The molecule has 2 aliphatic rings. The van der Waals surface area contributed by atoms with Gasteiger partial charge < -0.3 is 10.6 Å². The zero-order chi connectivity index (χ0) is 18.1. The Kier molecular flexibility index (Phi) is 5.53. The molecule has 3 rings (SSSR count). The van der Waals surface area contributed by atoms with Crippen LogP contribution >= 0.6 is 11.3 Å². The number of likely N-dealkylation sites (tertiary alicyclic amines) is 1. The summed E-state index contributed by atoms with van der Waals surface area (Å²) < 4.78 is 23.8. The Morgan fingerprint density at radius 1 is 1.52 bits per heavy atom. The maximum absolute atomic E-state index is 13.0. The first-order valence-corrected chi connectivity index (χ1v) is 11.5. The molecule has 1 aromatic rings. The van der Waals surface area contributed by atoms with Crippen molar-refractivity contribution in [2.45, 2.75) is 32.4 Å². The van der Waals surface area contributed by atoms with E-state index in [0.717, 1.165) is 24.4 Å². The van der Waals surface area contributed by atoms with Gasteiger partial charge in [0, 0.05) is 17.5 Å². The Labute approximate surface area is 153 Å². The van der Waals surface area contributed by atoms with Gasteiger partial charge in [0.1, 0.15) is 0 Å². The van der Waals surface area contributed by atoms with Gasteiger partial charge in [-0.2, -0.15) is 0 Å². The predicted octanol–water partition coefficient (Wildman–Crippen LogP) is 0.935. The maximum atomic E-state index is 13.0. The van der Waals surface area contributed by atoms with E-state index in [1.165, 1.54) is 0 Å². The maximum Gasteiger partial charge on any atom is 0.237 e. The summed E-state index contributed by atoms with van der Waals surface area (Å²) in [5, 5.41) is 1.98. The molecule has 0 aliphatic carbocycles. The number of nitrogens with two attached hydrogens (primary N) is 1. The van der Waals surface area contributed by atoms with Crippen molar-refractivity contribution in [2.75, 3.05) is 37.7 Å². The van der Waals surface area contributed by atoms with Crippen LogP contribution in [-0.4, -0.2) is 67.9 Å². The Morgan fingerprint density at radius 2 is 2.32 bits per heavy atom. The normalized spacial score (nSPS) is 29.1. The van der Waals surface area contributed by atoms with Crippen LogP contribution in [0.15, 0.2) is 17.5 Å². The van der Waals surface area contributed by atoms with Crippen molar-refractivity contribution >= 4 is 27.1 Å². The molecule has 0 radical (unpaired) electrons. The average Bonchev–Trinajstić information content (AvgIpc) is 3.26. The van der Waals surface area contributed by atoms with Crippen molar-refractivity contribution in [3.8, 4) is 0 Å². The van der Waals surface area contributed by atoms with Crippen molar-refractivity contribution in [1.29, 1.82) is 0 Å². The molecule has 140 valence electrons. The highest BCUT2D eigenvalue weighted by Crippen LogP contribution is 2.29. The zero-order valence-corrected chi connectivity index (χ0v) is 16.3. The molecule has 25 heavy (non-hydrogen) atoms. The van der Waals surface area contributed by atoms with Crippen molar-refractivity contribution in [3.63, 3.8) is 0 Å². The third kappa shape index (κ3) is 4.61. The highest BCUT2D eigenvalue weighted by Gasteiger charge is 2.37. The van der Waals surface area contributed by atoms with Gasteiger partial charge >= 0.3 is 0 Å². The van der Waals surface area contributed by atoms with Gasteiger partial charge in [-0.05, 0) is 42.8 Å². The van der Waals surface area contributed by atoms with Crippen molar-refractivity contribution in [3.05, 3.63) is 22.4 Å². The monoisotopic (exact) mass is 385 g/mol. The van der Waals surface area contributed by atoms with E-state index in [9.17, 15) is 13.2 Å². The molecule has 1 amide bonds. The van der Waals surface area contributed by atoms with Crippen LogP contribution in [0.4, 0.5) is 0 Å². The van der Waals surface area contributed by atoms with E-state index < -0.39 is 9.84 Å². The topological polar surface area (TPSA) is 83.7 Å². The molecule has 3 heterocycles. The molecule has 0 spiro atoms. The average molecular weight is 386 g/mol. The standard InChI is InChI=1S/C17H27N3O3S2/c1-17(12-18)5-6-19(13-17)10-16(21)20(9-15-3-2-7-24-15)14-4-8-25(22,23)11-14/h2-3,7,14H,4-6,8-13,18H2,1H3. The molecule has 0 aromatic carbocycles. The third-order valence-electron chi connectivity index (χ3n) is 5.36. The van der Waals surface area contributed by atoms with E-state index in [1.807, 2.05) is 17.5 Å². The highest BCUT2D eigenvalue weighted by molar-refractivity contribution is 7.91. The Hall–Kier alpha value is -0.960. The molecule has 0 saturated carbocycles. The molecule has 6 nitrogen and oxygen atoms in total. The number of hydrogen-bond acceptors (Lipinski definition) is 6. The number of thiophene rings is 1. The van der Waals surface area contributed by atoms with Crippen LogP contribution in [0, 0.1) is 5.41 Å². The summed E-state index contributed by atoms with van der Waals surface area (Å²) in [6, 6.07) is 3.75. The van der Waals surface area contributed by atoms with E-state index in [1.54, 1.807) is 16.2 Å². The summed E-state index contributed by atoms with van der Waals surface area (Å²) in [5.74, 6) is 0.294. The summed E-state index contributed by atoms with van der Waals surface area (Å²) in [6.45, 7) is 5.32. The number of rotatable bonds is 6. The molecule has 2 saturated heterocycles. The second-order valence-electron chi connectivity index (χ2n) is 7.63. The van der Waals surface area contributed by atoms with E-state index in [-0.39, 0.29) is 28.9 Å². The van der Waals surface area contributed by atoms with Crippen LogP contribution in [0.2, 0.25) is 0 Å². The summed E-state index contributed by atoms with van der Waals surface area (Å²) in [4.78, 5) is 18.0. The predicted molar refractivity (Wildman–Crippen MR) is 100 cm³/mol. The van der Waals surface area contributed by atoms with Crippen LogP contribution < -0.4 is 5.73 Å². The number of hydrogen-bond donors (Lipinski definition) is 1. The Balaban J connectivity index is 1.69. The fourth-order valence-corrected chi connectivity index (χ4v) is 6.16. The van der Waals surface area contributed by atoms with Gasteiger partial charge in [-0.15, -0.1) is 11.3 Å². The first kappa shape index (κ1) is 18.8. The number of amides is 1. The molecule has 2 fully saturated rings. The van der Waals surface area contributed by atoms with Crippen LogP contribution in [0.5, 0.6) is 0 Å². The molecule has 2 atom stereocenters. The second kappa shape index (κ2) is 7.34. The summed E-state index contributed by atoms with van der Waals surface area (Å²) in [5.41, 5.74) is 5.93. The first-order chi connectivity index (χ1) is 11.8. The van der Waals surface area contributed by atoms with Gasteiger partial charge in [-0.3, -0.25) is 9.69 Å². The van der Waals surface area contributed by atoms with Gasteiger partial charge in [-0.25, -0.2) is 8.42 Å². The van der Waals surface area contributed by atoms with Crippen molar-refractivity contribution in [1.82, 2.24) is 9.80 Å². The number of carbonyl (C=O) groups excluding carboxylic acids is 1. The van der Waals surface area contributed by atoms with Gasteiger partial charge in [0.2, 0.25) is 5.91 Å². The van der Waals surface area contributed by atoms with E-state index in [4.69, 9.17) is 5.73 Å². The molecule has 2 aliphatic heterocycles. The Morgan fingerprint density at radius 3 is 2.88 bits per heavy atom. The molecule has 8 heteroatoms. The lowest BCUT2D eigenvalue weighted by Crippen LogP contribution is -2.45. The molecule has 2 N–H and O–H groups in total. The number of nitrogens with zero attached hydrogens (tertiary/aromatic N) is 2. The first-order valence-electron chi connectivity index (χ1n) is 8.75. The van der Waals surface area contributed by atoms with Crippen LogP contribution in [0.3, 0.4) is 0 Å². The van der Waals surface area contributed by atoms with E-state index in [2.05, 4.69) is 11.8 Å². The third-order valence-corrected chi connectivity index (χ3v) is 7.98. The lowest BCUT2D eigenvalue weighted by molar-refractivity contribution is -0.134. The minimum absolute atomic E-state index is 0.0248. The fraction of sp³-hybridized carbons (Fsp3) is 0.706. The largest absolute Gasteiger partial charge is 0.332 e. The number of carbonyl (C=O) groups is 1. The van der Waals surface area contributed by atoms with Gasteiger partial charge in [0.25, 0.3) is 0 Å². The minimum Gasteiger partial charge on any atom is -0.332 e. The molecule has 1 aromatic heterocycles. The van der Waals surface area contributed by atoms with Crippen LogP contribution in [-0.2, 0) is 21.2 Å². The lowest BCUT2D eigenvalue weighted by atomic mass is 9.90. The van der Waals surface area contributed by atoms with Gasteiger partial charge in [0.15, 0.2) is 9.84 Å². The highest BCUT2D eigenvalue weighted by atomic mass is 32.2. The van der Waals surface area contributed by atoms with E-state index >= 15 is 0 Å². The summed E-state index contributed by atoms with van der Waals surface area (Å²) >= 11 is 1.60. The van der Waals surface area contributed by atoms with Gasteiger partial charge in [-0.1, -0.05) is 13.0 Å². The van der Waals surface area contributed by atoms with E-state index in [0.29, 0.717) is 26.1 Å². The quantitative estimate of drug-likeness (QED) is 0.788. The molecular formula is C17H27N3O3S2. The minimum atomic E-state index is -3.02. The Bertz CT molecular complexity index is 705. The van der Waals surface area contributed by atoms with Gasteiger partial charge in [0.05, 0.1) is 24.6 Å². The number of sulfone groups is 1. The van der Waals surface area contributed by atoms with Crippen LogP contribution in [0.25, 0.3) is 0 Å². The SMILES string of the molecule is CC1(CN)CCN(CC(=O)N(Cc2cccs2)C2CCS(=O)(=O)C2)C1. The fourth-order valence-electron chi connectivity index (χ4n) is 3.72. The van der Waals surface area contributed by atoms with Crippen molar-refractivity contribution < 1.29 is 13.2 Å². The van der Waals surface area contributed by atoms with Crippen molar-refractivity contribution in [2.24, 2.45) is 11.1 Å². The summed E-state index contributed by atoms with van der Waals surface area (Å²) in [7, 11) is -3.02. The molecule has 0 bridgehead atoms.